The smallest absolute Gasteiger partial charge is 0.395 e. The number of carboxylic acids is 1. The van der Waals surface area contributed by atoms with Gasteiger partial charge in [-0.15, -0.1) is 10.2 Å². The van der Waals surface area contributed by atoms with Crippen molar-refractivity contribution in [1.29, 1.82) is 21.0 Å². The molecule has 3 N–H and O–H groups in total. The van der Waals surface area contributed by atoms with Crippen LogP contribution >= 0.6 is 23.2 Å². The van der Waals surface area contributed by atoms with Crippen LogP contribution in [0.15, 0.2) is 73.3 Å². The lowest BCUT2D eigenvalue weighted by Crippen LogP contribution is -2.59. The van der Waals surface area contributed by atoms with Gasteiger partial charge in [-0.1, -0.05) is 71.5 Å². The molecule has 0 saturated heterocycles. The van der Waals surface area contributed by atoms with Crippen molar-refractivity contribution >= 4 is 84.4 Å². The van der Waals surface area contributed by atoms with E-state index in [1.165, 1.54) is 36.7 Å². The largest absolute Gasteiger partial charge is 0.474 e. The molecular weight excluding hydrogens is 1240 g/mol. The minimum Gasteiger partial charge on any atom is -0.474 e. The van der Waals surface area contributed by atoms with E-state index >= 15 is 0 Å². The molecule has 6 aliphatic rings. The number of anilines is 3. The Hall–Kier alpha value is -9.88. The third-order valence-corrected chi connectivity index (χ3v) is 19.3. The van der Waals surface area contributed by atoms with Crippen molar-refractivity contribution < 1.29 is 33.1 Å². The molecule has 0 spiro atoms. The Kier molecular flexibility index (Phi) is 19.1. The number of carbonyl (C=O) groups excluding carboxylic acids is 3. The molecule has 6 aromatic heterocycles. The van der Waals surface area contributed by atoms with Gasteiger partial charge in [0.1, 0.15) is 36.0 Å². The summed E-state index contributed by atoms with van der Waals surface area (Å²) in [5.74, 6) is -3.16. The van der Waals surface area contributed by atoms with Gasteiger partial charge in [0.25, 0.3) is 0 Å². The Bertz CT molecular complexity index is 4500. The predicted molar refractivity (Wildman–Crippen MR) is 347 cm³/mol. The number of nitrogens with zero attached hydrogens (tertiary/aromatic N) is 15. The fourth-order valence-electron chi connectivity index (χ4n) is 12.4. The molecule has 6 fully saturated rings. The highest BCUT2D eigenvalue weighted by Gasteiger charge is 2.60. The van der Waals surface area contributed by atoms with E-state index in [0.717, 1.165) is 77.6 Å². The molecule has 4 bridgehead atoms. The molecule has 6 aliphatic carbocycles. The SMILES string of the molecule is C.Cc1nc(F)ccc1C(Cc1cc(C#N)c2ncc(C#N)c(N[C@H](C)C(C)(C)C)c2c1)c1cn(C23CC(C2)C3)nn1.Cc1nc(F)ccc1C(c1cn(C23CC(C2)C3)nn1)N(C(=O)C(=O)O)c1cc(C#N)c2ncc(C#N)c(N[C@H](C)C(C)(C)C)c2c1.O=C(Cl)C(=O)Cl. The summed E-state index contributed by atoms with van der Waals surface area (Å²) < 4.78 is 32.0. The topological polar surface area (TPSA) is 324 Å². The molecule has 26 heteroatoms. The number of aromatic nitrogens is 10. The zero-order valence-corrected chi connectivity index (χ0v) is 54.2. The van der Waals surface area contributed by atoms with Gasteiger partial charge in [-0.05, 0) is 166 Å². The van der Waals surface area contributed by atoms with Gasteiger partial charge in [0.2, 0.25) is 11.9 Å². The number of fused-ring (bicyclic) bond motifs is 2. The molecule has 4 atom stereocenters. The number of nitrogens with one attached hydrogen (secondary N) is 2. The number of pyridine rings is 4. The monoisotopic (exact) mass is 1310 g/mol. The van der Waals surface area contributed by atoms with Crippen LogP contribution < -0.4 is 15.5 Å². The molecule has 0 aliphatic heterocycles. The highest BCUT2D eigenvalue weighted by molar-refractivity contribution is 6.97. The van der Waals surface area contributed by atoms with Crippen LogP contribution in [0.2, 0.25) is 0 Å². The third kappa shape index (κ3) is 13.2. The molecule has 14 rings (SSSR count). The van der Waals surface area contributed by atoms with Crippen molar-refractivity contribution in [2.45, 2.75) is 157 Å². The Morgan fingerprint density at radius 2 is 1.09 bits per heavy atom. The molecular formula is C68H69Cl2F2N17O5. The second kappa shape index (κ2) is 26.3. The Balaban J connectivity index is 0.000000203. The average molecular weight is 1310 g/mol. The summed E-state index contributed by atoms with van der Waals surface area (Å²) >= 11 is 8.98. The number of carboxylic acid groups (broad SMARTS) is 1. The van der Waals surface area contributed by atoms with Crippen LogP contribution in [0.25, 0.3) is 21.8 Å². The molecule has 2 unspecified atom stereocenters. The number of aryl methyl sites for hydroxylation is 2. The van der Waals surface area contributed by atoms with Gasteiger partial charge in [0, 0.05) is 70.0 Å². The number of carbonyl (C=O) groups is 4. The van der Waals surface area contributed by atoms with E-state index in [0.29, 0.717) is 57.0 Å². The number of amides is 1. The number of hydrogen-bond donors (Lipinski definition) is 3. The second-order valence-corrected chi connectivity index (χ2v) is 27.5. The van der Waals surface area contributed by atoms with Crippen LogP contribution in [-0.4, -0.2) is 89.5 Å². The maximum absolute atomic E-state index is 14.2. The lowest BCUT2D eigenvalue weighted by atomic mass is 9.50. The fraction of sp³-hybridized carbons (Fsp3) is 0.412. The van der Waals surface area contributed by atoms with E-state index in [1.807, 2.05) is 50.7 Å². The van der Waals surface area contributed by atoms with Crippen LogP contribution in [0, 0.1) is 93.7 Å². The molecule has 6 saturated carbocycles. The van der Waals surface area contributed by atoms with Crippen molar-refractivity contribution in [1.82, 2.24) is 49.9 Å². The van der Waals surface area contributed by atoms with Gasteiger partial charge in [0.15, 0.2) is 0 Å². The van der Waals surface area contributed by atoms with Gasteiger partial charge >= 0.3 is 22.4 Å². The van der Waals surface area contributed by atoms with Crippen LogP contribution in [-0.2, 0) is 36.7 Å². The third-order valence-electron chi connectivity index (χ3n) is 18.8. The minimum absolute atomic E-state index is 0. The first-order valence-electron chi connectivity index (χ1n) is 30.0. The fourth-order valence-corrected chi connectivity index (χ4v) is 12.4. The summed E-state index contributed by atoms with van der Waals surface area (Å²) in [6, 6.07) is 20.0. The van der Waals surface area contributed by atoms with Crippen LogP contribution in [0.5, 0.6) is 0 Å². The maximum atomic E-state index is 14.2. The van der Waals surface area contributed by atoms with Gasteiger partial charge in [-0.3, -0.25) is 29.3 Å². The van der Waals surface area contributed by atoms with Gasteiger partial charge in [-0.2, -0.15) is 29.8 Å². The number of nitriles is 4. The Labute approximate surface area is 551 Å². The van der Waals surface area contributed by atoms with Crippen molar-refractivity contribution in [3.05, 3.63) is 147 Å². The highest BCUT2D eigenvalue weighted by atomic mass is 35.5. The number of hydrogen-bond acceptors (Lipinski definition) is 18. The second-order valence-electron chi connectivity index (χ2n) is 26.8. The first kappa shape index (κ1) is 68.5. The quantitative estimate of drug-likeness (QED) is 0.0488. The first-order chi connectivity index (χ1) is 43.9. The molecule has 1 amide bonds. The van der Waals surface area contributed by atoms with Gasteiger partial charge in [-0.25, -0.2) is 24.1 Å². The summed E-state index contributed by atoms with van der Waals surface area (Å²) in [5.41, 5.74) is 6.56. The average Bonchev–Trinajstić information content (AvgIpc) is 1.27. The first-order valence-corrected chi connectivity index (χ1v) is 30.8. The van der Waals surface area contributed by atoms with E-state index in [4.69, 9.17) is 0 Å². The normalized spacial score (nSPS) is 19.2. The van der Waals surface area contributed by atoms with E-state index in [2.05, 4.69) is 126 Å². The van der Waals surface area contributed by atoms with Crippen molar-refractivity contribution in [2.24, 2.45) is 22.7 Å². The standard InChI is InChI=1S/C33H32FN9O3.C32H33FN8.C2Cl2O2.CH4/c1-17-23(6-7-26(34)38-17)29(25-16-42(41-40-25)33-10-19(11-33)12-33)43(30(44)31(45)46)22-8-20(13-35)27-24(9-22)28(21(14-36)15-37-27)39-18(2)32(3,4)5;1-18-24(6-7-28(33)37-18)25(27-17-41(40-39-27)32-11-21(12-32)13-32)9-20-8-22(14-34)29-26(10-20)30(23(15-35)16-36-29)38-19(2)31(3,4)5;3-1(5)2(4)6;/h6-9,15-16,18-19,29H,10-12H2,1-5H3,(H,37,39)(H,45,46);6-8,10,16-17,19,21,25H,9,11-13H2,1-5H3,(H,36,38);;1H4/t18-,19?,29?,33?;19-,21?,25?,32?;;/m11../s1. The van der Waals surface area contributed by atoms with Crippen LogP contribution in [0.1, 0.15) is 175 Å². The zero-order chi connectivity index (χ0) is 67.4. The Morgan fingerprint density at radius 1 is 0.660 bits per heavy atom. The molecule has 22 nitrogen and oxygen atoms in total. The van der Waals surface area contributed by atoms with E-state index in [1.54, 1.807) is 30.8 Å². The van der Waals surface area contributed by atoms with Crippen molar-refractivity contribution in [2.75, 3.05) is 15.5 Å². The zero-order valence-electron chi connectivity index (χ0n) is 52.6. The maximum Gasteiger partial charge on any atom is 0.395 e. The van der Waals surface area contributed by atoms with E-state index in [9.17, 15) is 54.1 Å². The highest BCUT2D eigenvalue weighted by Crippen LogP contribution is 2.63. The minimum atomic E-state index is -1.76. The summed E-state index contributed by atoms with van der Waals surface area (Å²) in [6.45, 7) is 19.9. The molecule has 2 aromatic carbocycles. The number of aliphatic carboxylic acids is 1. The summed E-state index contributed by atoms with van der Waals surface area (Å²) in [6.07, 6.45) is 13.4. The summed E-state index contributed by atoms with van der Waals surface area (Å²) in [7, 11) is 0. The molecule has 484 valence electrons. The van der Waals surface area contributed by atoms with Gasteiger partial charge in [0.05, 0.1) is 67.6 Å². The van der Waals surface area contributed by atoms with Crippen LogP contribution in [0.4, 0.5) is 25.8 Å². The molecule has 0 radical (unpaired) electrons. The summed E-state index contributed by atoms with van der Waals surface area (Å²) in [5, 5.41) is 74.0. The molecule has 94 heavy (non-hydrogen) atoms. The molecule has 6 heterocycles. The van der Waals surface area contributed by atoms with Gasteiger partial charge < -0.3 is 15.7 Å². The number of rotatable bonds is 15. The Morgan fingerprint density at radius 3 is 1.49 bits per heavy atom. The van der Waals surface area contributed by atoms with Crippen molar-refractivity contribution in [3.8, 4) is 24.3 Å². The lowest BCUT2D eigenvalue weighted by molar-refractivity contribution is -0.149. The van der Waals surface area contributed by atoms with E-state index < -0.39 is 40.3 Å². The number of benzene rings is 2. The number of halogens is 4. The lowest BCUT2D eigenvalue weighted by Gasteiger charge is -2.61. The van der Waals surface area contributed by atoms with Crippen molar-refractivity contribution in [3.63, 3.8) is 0 Å². The van der Waals surface area contributed by atoms with Crippen LogP contribution in [0.3, 0.4) is 0 Å². The predicted octanol–water partition coefficient (Wildman–Crippen LogP) is 12.3. The summed E-state index contributed by atoms with van der Waals surface area (Å²) in [4.78, 5) is 63.0. The molecule has 8 aromatic rings. The van der Waals surface area contributed by atoms with E-state index in [-0.39, 0.29) is 81.1 Å².